The minimum absolute atomic E-state index is 0.0356. The van der Waals surface area contributed by atoms with Crippen molar-refractivity contribution in [3.8, 4) is 0 Å². The quantitative estimate of drug-likeness (QED) is 0.0490. The molecule has 6 nitrogen and oxygen atoms in total. The number of likely N-dealkylation sites (tertiary alicyclic amines) is 1. The Labute approximate surface area is 317 Å². The van der Waals surface area contributed by atoms with Gasteiger partial charge in [0.15, 0.2) is 0 Å². The molecule has 0 aromatic heterocycles. The van der Waals surface area contributed by atoms with Crippen LogP contribution in [0.4, 0.5) is 0 Å². The van der Waals surface area contributed by atoms with Gasteiger partial charge in [0.2, 0.25) is 5.91 Å². The molecule has 300 valence electrons. The second-order valence-corrected chi connectivity index (χ2v) is 15.6. The number of nitrogens with zero attached hydrogens (tertiary/aromatic N) is 1. The average Bonchev–Trinajstić information content (AvgIpc) is 3.55. The van der Waals surface area contributed by atoms with Gasteiger partial charge >= 0.3 is 0 Å². The van der Waals surface area contributed by atoms with E-state index in [1.807, 2.05) is 4.90 Å². The molecular formula is C45H87N3O3. The topological polar surface area (TPSA) is 90.8 Å². The number of ether oxygens (including phenoxy) is 2. The van der Waals surface area contributed by atoms with E-state index in [2.05, 4.69) is 38.2 Å². The maximum absolute atomic E-state index is 12.8. The second kappa shape index (κ2) is 37.1. The summed E-state index contributed by atoms with van der Waals surface area (Å²) in [5.74, 6) is 0.562. The molecule has 0 aromatic carbocycles. The van der Waals surface area contributed by atoms with Crippen LogP contribution in [-0.4, -0.2) is 62.9 Å². The average molecular weight is 718 g/mol. The molecule has 1 aliphatic rings. The fourth-order valence-electron chi connectivity index (χ4n) is 7.20. The molecular weight excluding hydrogens is 631 g/mol. The zero-order chi connectivity index (χ0) is 36.9. The van der Waals surface area contributed by atoms with Crippen LogP contribution in [-0.2, 0) is 14.3 Å². The minimum atomic E-state index is -0.617. The Morgan fingerprint density at radius 2 is 0.863 bits per heavy atom. The Kier molecular flexibility index (Phi) is 34.8. The summed E-state index contributed by atoms with van der Waals surface area (Å²) in [7, 11) is 0. The highest BCUT2D eigenvalue weighted by Crippen LogP contribution is 2.25. The summed E-state index contributed by atoms with van der Waals surface area (Å²) in [6, 6.07) is -0.617. The van der Waals surface area contributed by atoms with Gasteiger partial charge in [-0.05, 0) is 64.2 Å². The monoisotopic (exact) mass is 718 g/mol. The third-order valence-corrected chi connectivity index (χ3v) is 10.7. The number of carbonyl (C=O) groups excluding carboxylic acids is 1. The number of rotatable bonds is 38. The summed E-state index contributed by atoms with van der Waals surface area (Å²) in [6.45, 7) is 9.12. The van der Waals surface area contributed by atoms with Crippen LogP contribution in [0.3, 0.4) is 0 Å². The van der Waals surface area contributed by atoms with Crippen molar-refractivity contribution >= 4 is 5.91 Å². The normalized spacial score (nSPS) is 17.1. The lowest BCUT2D eigenvalue weighted by molar-refractivity contribution is -0.131. The van der Waals surface area contributed by atoms with Gasteiger partial charge in [0.1, 0.15) is 0 Å². The summed E-state index contributed by atoms with van der Waals surface area (Å²) in [6.07, 6.45) is 46.4. The molecule has 0 radical (unpaired) electrons. The summed E-state index contributed by atoms with van der Waals surface area (Å²) >= 11 is 0. The number of nitrogens with two attached hydrogens (primary N) is 2. The number of hydrogen-bond donors (Lipinski definition) is 2. The van der Waals surface area contributed by atoms with E-state index in [0.29, 0.717) is 38.1 Å². The zero-order valence-electron chi connectivity index (χ0n) is 34.1. The van der Waals surface area contributed by atoms with E-state index >= 15 is 0 Å². The van der Waals surface area contributed by atoms with Crippen LogP contribution in [0.25, 0.3) is 0 Å². The maximum atomic E-state index is 12.8. The van der Waals surface area contributed by atoms with E-state index in [1.165, 1.54) is 167 Å². The highest BCUT2D eigenvalue weighted by atomic mass is 16.5. The summed E-state index contributed by atoms with van der Waals surface area (Å²) in [4.78, 5) is 14.7. The van der Waals surface area contributed by atoms with Crippen LogP contribution in [0.5, 0.6) is 0 Å². The molecule has 1 heterocycles. The van der Waals surface area contributed by atoms with E-state index in [1.54, 1.807) is 0 Å². The molecule has 0 aromatic rings. The Bertz CT molecular complexity index is 750. The predicted molar refractivity (Wildman–Crippen MR) is 221 cm³/mol. The van der Waals surface area contributed by atoms with Crippen molar-refractivity contribution in [3.63, 3.8) is 0 Å². The lowest BCUT2D eigenvalue weighted by atomic mass is 9.98. The van der Waals surface area contributed by atoms with Gasteiger partial charge < -0.3 is 25.8 Å². The van der Waals surface area contributed by atoms with E-state index in [-0.39, 0.29) is 12.5 Å². The summed E-state index contributed by atoms with van der Waals surface area (Å²) in [5.41, 5.74) is 11.7. The van der Waals surface area contributed by atoms with Gasteiger partial charge in [-0.25, -0.2) is 0 Å². The molecule has 0 bridgehead atoms. The van der Waals surface area contributed by atoms with Crippen LogP contribution in [0.1, 0.15) is 194 Å². The van der Waals surface area contributed by atoms with E-state index in [9.17, 15) is 4.79 Å². The highest BCUT2D eigenvalue weighted by Gasteiger charge is 2.36. The molecule has 1 amide bonds. The molecule has 1 rings (SSSR count). The van der Waals surface area contributed by atoms with Crippen LogP contribution >= 0.6 is 0 Å². The first-order valence-electron chi connectivity index (χ1n) is 22.3. The van der Waals surface area contributed by atoms with Crippen molar-refractivity contribution in [1.82, 2.24) is 4.90 Å². The predicted octanol–water partition coefficient (Wildman–Crippen LogP) is 11.5. The first-order chi connectivity index (χ1) is 25.1. The van der Waals surface area contributed by atoms with Crippen molar-refractivity contribution in [3.05, 3.63) is 24.3 Å². The Morgan fingerprint density at radius 1 is 0.549 bits per heavy atom. The third-order valence-electron chi connectivity index (χ3n) is 10.7. The second-order valence-electron chi connectivity index (χ2n) is 15.6. The molecule has 1 unspecified atom stereocenters. The summed E-state index contributed by atoms with van der Waals surface area (Å²) < 4.78 is 12.3. The lowest BCUT2D eigenvalue weighted by Gasteiger charge is -2.20. The molecule has 1 fully saturated rings. The van der Waals surface area contributed by atoms with Gasteiger partial charge in [0, 0.05) is 44.7 Å². The Hall–Kier alpha value is -1.21. The fourth-order valence-corrected chi connectivity index (χ4v) is 7.20. The molecule has 0 spiro atoms. The minimum Gasteiger partial charge on any atom is -0.381 e. The number of hydrogen-bond acceptors (Lipinski definition) is 5. The lowest BCUT2D eigenvalue weighted by Crippen LogP contribution is -2.47. The largest absolute Gasteiger partial charge is 0.381 e. The molecule has 1 aliphatic heterocycles. The van der Waals surface area contributed by atoms with E-state index < -0.39 is 6.04 Å². The maximum Gasteiger partial charge on any atom is 0.240 e. The number of amides is 1. The Morgan fingerprint density at radius 3 is 1.20 bits per heavy atom. The van der Waals surface area contributed by atoms with Crippen molar-refractivity contribution < 1.29 is 14.3 Å². The fraction of sp³-hybridized carbons (Fsp3) is 0.889. The third kappa shape index (κ3) is 28.9. The van der Waals surface area contributed by atoms with Gasteiger partial charge in [-0.15, -0.1) is 0 Å². The molecule has 0 aliphatic carbocycles. The molecule has 0 saturated carbocycles. The number of allylic oxidation sites excluding steroid dienone is 4. The molecule has 3 atom stereocenters. The molecule has 4 N–H and O–H groups in total. The molecule has 6 heteroatoms. The summed E-state index contributed by atoms with van der Waals surface area (Å²) in [5, 5.41) is 0. The van der Waals surface area contributed by atoms with Crippen molar-refractivity contribution in [2.75, 3.05) is 46.1 Å². The standard InChI is InChI=1S/C45H87N3O3/c1-3-5-7-9-11-13-15-17-19-21-23-25-27-29-31-33-35-50-40-42-38-48(45(49)44(47)37-46)39-43(42)41-51-36-34-32-30-28-26-24-22-20-18-16-14-12-10-8-6-4-2/h17-20,42-44H,3-16,21-41,46-47H2,1-2H3/t42-,43?,44-/m0/s1. The van der Waals surface area contributed by atoms with Crippen molar-refractivity contribution in [2.24, 2.45) is 23.3 Å². The van der Waals surface area contributed by atoms with Gasteiger partial charge in [-0.2, -0.15) is 0 Å². The number of unbranched alkanes of at least 4 members (excludes halogenated alkanes) is 24. The van der Waals surface area contributed by atoms with E-state index in [0.717, 1.165) is 26.1 Å². The smallest absolute Gasteiger partial charge is 0.240 e. The zero-order valence-corrected chi connectivity index (χ0v) is 34.1. The van der Waals surface area contributed by atoms with Gasteiger partial charge in [0.05, 0.1) is 19.3 Å². The van der Waals surface area contributed by atoms with Crippen molar-refractivity contribution in [1.29, 1.82) is 0 Å². The van der Waals surface area contributed by atoms with Gasteiger partial charge in [0.25, 0.3) is 0 Å². The van der Waals surface area contributed by atoms with Gasteiger partial charge in [-0.3, -0.25) is 4.79 Å². The first-order valence-corrected chi connectivity index (χ1v) is 22.3. The van der Waals surface area contributed by atoms with E-state index in [4.69, 9.17) is 20.9 Å². The van der Waals surface area contributed by atoms with Crippen LogP contribution < -0.4 is 11.5 Å². The number of carbonyl (C=O) groups is 1. The highest BCUT2D eigenvalue weighted by molar-refractivity contribution is 5.82. The first kappa shape index (κ1) is 47.8. The van der Waals surface area contributed by atoms with Crippen LogP contribution in [0.15, 0.2) is 24.3 Å². The van der Waals surface area contributed by atoms with Crippen LogP contribution in [0.2, 0.25) is 0 Å². The van der Waals surface area contributed by atoms with Crippen LogP contribution in [0, 0.1) is 11.8 Å². The van der Waals surface area contributed by atoms with Crippen molar-refractivity contribution in [2.45, 2.75) is 200 Å². The molecule has 1 saturated heterocycles. The Balaban J connectivity index is 2.09. The SMILES string of the molecule is CCCCCCCCC=CCCCCCCCCOCC1CN(C(=O)[C@@H](N)CN)C[C@H]1COCCCCCCCCC=CCCCCCCCC. The molecule has 51 heavy (non-hydrogen) atoms. The van der Waals surface area contributed by atoms with Gasteiger partial charge in [-0.1, -0.05) is 154 Å².